The Morgan fingerprint density at radius 2 is 1.69 bits per heavy atom. The highest BCUT2D eigenvalue weighted by molar-refractivity contribution is 6.07. The van der Waals surface area contributed by atoms with E-state index in [0.29, 0.717) is 32.5 Å². The van der Waals surface area contributed by atoms with Gasteiger partial charge in [-0.1, -0.05) is 60.7 Å². The Hall–Kier alpha value is -3.22. The lowest BCUT2D eigenvalue weighted by molar-refractivity contribution is -0.126. The van der Waals surface area contributed by atoms with Gasteiger partial charge in [0.05, 0.1) is 12.7 Å². The zero-order valence-electron chi connectivity index (χ0n) is 21.0. The van der Waals surface area contributed by atoms with Gasteiger partial charge in [-0.3, -0.25) is 14.5 Å². The van der Waals surface area contributed by atoms with Gasteiger partial charge in [0.25, 0.3) is 5.91 Å². The Morgan fingerprint density at radius 3 is 2.53 bits per heavy atom. The normalized spacial score (nSPS) is 19.4. The third-order valence-corrected chi connectivity index (χ3v) is 7.36. The maximum absolute atomic E-state index is 13.2. The molecule has 1 atom stereocenters. The summed E-state index contributed by atoms with van der Waals surface area (Å²) in [5.41, 5.74) is 3.12. The molecule has 2 heterocycles. The number of piperidine rings is 1. The molecule has 0 radical (unpaired) electrons. The Kier molecular flexibility index (Phi) is 7.63. The van der Waals surface area contributed by atoms with Gasteiger partial charge in [-0.2, -0.15) is 0 Å². The summed E-state index contributed by atoms with van der Waals surface area (Å²) >= 11 is 0. The molecule has 0 saturated carbocycles. The number of morpholine rings is 1. The van der Waals surface area contributed by atoms with Crippen molar-refractivity contribution in [2.24, 2.45) is 5.92 Å². The molecule has 0 spiro atoms. The van der Waals surface area contributed by atoms with Crippen LogP contribution in [0.3, 0.4) is 0 Å². The third kappa shape index (κ3) is 5.77. The lowest BCUT2D eigenvalue weighted by Crippen LogP contribution is -2.43. The number of hydrogen-bond acceptors (Lipinski definition) is 4. The summed E-state index contributed by atoms with van der Waals surface area (Å²) in [4.78, 5) is 30.4. The van der Waals surface area contributed by atoms with E-state index in [2.05, 4.69) is 41.4 Å². The van der Waals surface area contributed by atoms with Crippen LogP contribution in [0.25, 0.3) is 10.8 Å². The van der Waals surface area contributed by atoms with Crippen molar-refractivity contribution in [2.45, 2.75) is 39.0 Å². The van der Waals surface area contributed by atoms with Crippen molar-refractivity contribution < 1.29 is 14.3 Å². The van der Waals surface area contributed by atoms with Crippen LogP contribution >= 0.6 is 0 Å². The minimum atomic E-state index is -0.0559. The van der Waals surface area contributed by atoms with Crippen LogP contribution in [0.1, 0.15) is 41.3 Å². The molecule has 0 aromatic heterocycles. The molecule has 2 aliphatic rings. The molecule has 2 fully saturated rings. The second-order valence-electron chi connectivity index (χ2n) is 10.0. The zero-order chi connectivity index (χ0) is 24.9. The van der Waals surface area contributed by atoms with Gasteiger partial charge in [-0.25, -0.2) is 0 Å². The minimum absolute atomic E-state index is 0.0529. The van der Waals surface area contributed by atoms with E-state index in [9.17, 15) is 9.59 Å². The van der Waals surface area contributed by atoms with Crippen molar-refractivity contribution in [3.05, 3.63) is 83.4 Å². The first-order valence-electron chi connectivity index (χ1n) is 13.0. The first kappa shape index (κ1) is 24.5. The quantitative estimate of drug-likeness (QED) is 0.568. The Bertz CT molecular complexity index is 1210. The summed E-state index contributed by atoms with van der Waals surface area (Å²) < 4.78 is 5.64. The number of carbonyl (C=O) groups is 2. The van der Waals surface area contributed by atoms with Crippen molar-refractivity contribution >= 4 is 22.6 Å². The standard InChI is InChI=1S/C30H35N3O3/c1-22-20-32(16-17-36-22)21-24-7-4-6-23(18-24)19-31-29(34)26-12-14-33(15-13-26)30(35)28-11-5-9-25-8-2-3-10-27(25)28/h2-11,18,22,26H,12-17,19-21H2,1H3,(H,31,34). The minimum Gasteiger partial charge on any atom is -0.376 e. The van der Waals surface area contributed by atoms with Crippen molar-refractivity contribution in [1.29, 1.82) is 0 Å². The SMILES string of the molecule is CC1CN(Cc2cccc(CNC(=O)C3CCN(C(=O)c4cccc5ccccc45)CC3)c2)CCO1. The number of rotatable bonds is 6. The molecule has 1 unspecified atom stereocenters. The van der Waals surface area contributed by atoms with Crippen LogP contribution in [-0.4, -0.2) is 60.5 Å². The molecule has 36 heavy (non-hydrogen) atoms. The van der Waals surface area contributed by atoms with Crippen LogP contribution < -0.4 is 5.32 Å². The maximum atomic E-state index is 13.2. The Balaban J connectivity index is 1.12. The molecule has 0 bridgehead atoms. The lowest BCUT2D eigenvalue weighted by atomic mass is 9.94. The fraction of sp³-hybridized carbons (Fsp3) is 0.400. The second kappa shape index (κ2) is 11.2. The smallest absolute Gasteiger partial charge is 0.254 e. The van der Waals surface area contributed by atoms with E-state index in [1.165, 1.54) is 5.56 Å². The predicted molar refractivity (Wildman–Crippen MR) is 142 cm³/mol. The zero-order valence-corrected chi connectivity index (χ0v) is 21.0. The average Bonchev–Trinajstić information content (AvgIpc) is 2.91. The maximum Gasteiger partial charge on any atom is 0.254 e. The number of carbonyl (C=O) groups excluding carboxylic acids is 2. The fourth-order valence-corrected chi connectivity index (χ4v) is 5.39. The van der Waals surface area contributed by atoms with Gasteiger partial charge < -0.3 is 15.0 Å². The van der Waals surface area contributed by atoms with Gasteiger partial charge in [-0.15, -0.1) is 0 Å². The summed E-state index contributed by atoms with van der Waals surface area (Å²) in [7, 11) is 0. The molecule has 0 aliphatic carbocycles. The second-order valence-corrected chi connectivity index (χ2v) is 10.0. The molecule has 6 heteroatoms. The van der Waals surface area contributed by atoms with E-state index in [0.717, 1.165) is 48.1 Å². The topological polar surface area (TPSA) is 61.9 Å². The van der Waals surface area contributed by atoms with Gasteiger partial charge in [-0.05, 0) is 47.7 Å². The van der Waals surface area contributed by atoms with Crippen molar-refractivity contribution in [3.8, 4) is 0 Å². The first-order valence-corrected chi connectivity index (χ1v) is 13.0. The summed E-state index contributed by atoms with van der Waals surface area (Å²) in [5, 5.41) is 5.18. The molecule has 3 aromatic carbocycles. The van der Waals surface area contributed by atoms with Crippen LogP contribution in [0, 0.1) is 5.92 Å². The summed E-state index contributed by atoms with van der Waals surface area (Å²) in [6, 6.07) is 22.3. The van der Waals surface area contributed by atoms with E-state index in [4.69, 9.17) is 4.74 Å². The molecule has 3 aromatic rings. The number of amides is 2. The van der Waals surface area contributed by atoms with Gasteiger partial charge in [0, 0.05) is 50.7 Å². The first-order chi connectivity index (χ1) is 17.6. The molecule has 2 amide bonds. The Morgan fingerprint density at radius 1 is 0.944 bits per heavy atom. The van der Waals surface area contributed by atoms with Gasteiger partial charge in [0.2, 0.25) is 5.91 Å². The number of nitrogens with one attached hydrogen (secondary N) is 1. The highest BCUT2D eigenvalue weighted by Gasteiger charge is 2.28. The highest BCUT2D eigenvalue weighted by Crippen LogP contribution is 2.24. The van der Waals surface area contributed by atoms with Gasteiger partial charge in [0.1, 0.15) is 0 Å². The Labute approximate surface area is 213 Å². The van der Waals surface area contributed by atoms with E-state index < -0.39 is 0 Å². The lowest BCUT2D eigenvalue weighted by Gasteiger charge is -2.32. The largest absolute Gasteiger partial charge is 0.376 e. The van der Waals surface area contributed by atoms with Crippen LogP contribution in [0.5, 0.6) is 0 Å². The van der Waals surface area contributed by atoms with Crippen LogP contribution in [0.2, 0.25) is 0 Å². The third-order valence-electron chi connectivity index (χ3n) is 7.36. The number of benzene rings is 3. The molecule has 6 nitrogen and oxygen atoms in total. The molecular weight excluding hydrogens is 450 g/mol. The summed E-state index contributed by atoms with van der Waals surface area (Å²) in [6.07, 6.45) is 1.66. The number of nitrogens with zero attached hydrogens (tertiary/aromatic N) is 2. The number of likely N-dealkylation sites (tertiary alicyclic amines) is 1. The van der Waals surface area contributed by atoms with Crippen molar-refractivity contribution in [3.63, 3.8) is 0 Å². The molecule has 188 valence electrons. The van der Waals surface area contributed by atoms with Gasteiger partial charge >= 0.3 is 0 Å². The molecule has 1 N–H and O–H groups in total. The average molecular weight is 486 g/mol. The predicted octanol–water partition coefficient (Wildman–Crippen LogP) is 4.23. The highest BCUT2D eigenvalue weighted by atomic mass is 16.5. The van der Waals surface area contributed by atoms with Crippen LogP contribution in [0.15, 0.2) is 66.7 Å². The van der Waals surface area contributed by atoms with E-state index >= 15 is 0 Å². The van der Waals surface area contributed by atoms with Gasteiger partial charge in [0.15, 0.2) is 0 Å². The van der Waals surface area contributed by atoms with E-state index in [1.54, 1.807) is 0 Å². The monoisotopic (exact) mass is 485 g/mol. The molecule has 5 rings (SSSR count). The number of hydrogen-bond donors (Lipinski definition) is 1. The number of ether oxygens (including phenoxy) is 1. The summed E-state index contributed by atoms with van der Waals surface area (Å²) in [5.74, 6) is 0.0800. The molecule has 2 aliphatic heterocycles. The summed E-state index contributed by atoms with van der Waals surface area (Å²) in [6.45, 7) is 7.43. The molecular formula is C30H35N3O3. The van der Waals surface area contributed by atoms with E-state index in [-0.39, 0.29) is 23.8 Å². The van der Waals surface area contributed by atoms with Crippen LogP contribution in [-0.2, 0) is 22.6 Å². The number of fused-ring (bicyclic) bond motifs is 1. The van der Waals surface area contributed by atoms with Crippen molar-refractivity contribution in [1.82, 2.24) is 15.1 Å². The fourth-order valence-electron chi connectivity index (χ4n) is 5.39. The van der Waals surface area contributed by atoms with E-state index in [1.807, 2.05) is 47.4 Å². The van der Waals surface area contributed by atoms with Crippen molar-refractivity contribution in [2.75, 3.05) is 32.8 Å². The molecule has 2 saturated heterocycles. The van der Waals surface area contributed by atoms with Crippen LogP contribution in [0.4, 0.5) is 0 Å².